The van der Waals surface area contributed by atoms with Gasteiger partial charge in [0.05, 0.1) is 0 Å². The first-order chi connectivity index (χ1) is 25.8. The van der Waals surface area contributed by atoms with Gasteiger partial charge in [-0.2, -0.15) is 0 Å². The Kier molecular flexibility index (Phi) is 8.28. The molecule has 0 radical (unpaired) electrons. The number of benzene rings is 9. The Morgan fingerprint density at radius 1 is 0.250 bits per heavy atom. The van der Waals surface area contributed by atoms with Gasteiger partial charge in [-0.3, -0.25) is 0 Å². The molecule has 9 aromatic carbocycles. The molecule has 0 aliphatic carbocycles. The molecule has 0 atom stereocenters. The lowest BCUT2D eigenvalue weighted by Gasteiger charge is -2.34. The van der Waals surface area contributed by atoms with Crippen LogP contribution in [0.25, 0.3) is 32.7 Å². The summed E-state index contributed by atoms with van der Waals surface area (Å²) >= 11 is 0. The average Bonchev–Trinajstić information content (AvgIpc) is 3.23. The molecule has 0 unspecified atom stereocenters. The highest BCUT2D eigenvalue weighted by Crippen LogP contribution is 2.38. The van der Waals surface area contributed by atoms with Crippen molar-refractivity contribution in [3.05, 3.63) is 224 Å². The zero-order chi connectivity index (χ0) is 34.7. The van der Waals surface area contributed by atoms with Crippen LogP contribution in [0.2, 0.25) is 0 Å². The fraction of sp³-hybridized carbons (Fsp3) is 0. The van der Waals surface area contributed by atoms with Crippen LogP contribution in [0.4, 0.5) is 17.1 Å². The second kappa shape index (κ2) is 13.7. The number of hydrogen-bond acceptors (Lipinski definition) is 1. The molecule has 0 fully saturated rings. The Morgan fingerprint density at radius 2 is 0.577 bits per heavy atom. The highest BCUT2D eigenvalue weighted by atomic mass is 28.3. The van der Waals surface area contributed by atoms with Crippen molar-refractivity contribution in [3.8, 4) is 11.1 Å². The van der Waals surface area contributed by atoms with Crippen LogP contribution in [-0.4, -0.2) is 8.07 Å². The molecule has 0 bridgehead atoms. The maximum Gasteiger partial charge on any atom is 0.179 e. The summed E-state index contributed by atoms with van der Waals surface area (Å²) < 4.78 is 0. The smallest absolute Gasteiger partial charge is 0.179 e. The van der Waals surface area contributed by atoms with E-state index in [0.717, 1.165) is 17.1 Å². The Balaban J connectivity index is 1.12. The normalized spacial score (nSPS) is 11.5. The Morgan fingerprint density at radius 3 is 1.00 bits per heavy atom. The van der Waals surface area contributed by atoms with Gasteiger partial charge in [-0.25, -0.2) is 0 Å². The number of hydrogen-bond donors (Lipinski definition) is 0. The lowest BCUT2D eigenvalue weighted by Crippen LogP contribution is -2.74. The molecule has 0 saturated carbocycles. The van der Waals surface area contributed by atoms with Gasteiger partial charge in [0.25, 0.3) is 0 Å². The van der Waals surface area contributed by atoms with Gasteiger partial charge in [0.15, 0.2) is 8.07 Å². The summed E-state index contributed by atoms with van der Waals surface area (Å²) in [6, 6.07) is 82.3. The van der Waals surface area contributed by atoms with Crippen molar-refractivity contribution < 1.29 is 0 Å². The third-order valence-electron chi connectivity index (χ3n) is 10.4. The minimum absolute atomic E-state index is 1.12. The second-order valence-corrected chi connectivity index (χ2v) is 17.2. The van der Waals surface area contributed by atoms with E-state index < -0.39 is 8.07 Å². The average molecular weight is 680 g/mol. The summed E-state index contributed by atoms with van der Waals surface area (Å²) in [7, 11) is -2.57. The van der Waals surface area contributed by atoms with Gasteiger partial charge in [-0.1, -0.05) is 188 Å². The van der Waals surface area contributed by atoms with Crippen molar-refractivity contribution in [2.75, 3.05) is 4.90 Å². The maximum atomic E-state index is 2.37. The molecular weight excluding hydrogens is 643 g/mol. The summed E-state index contributed by atoms with van der Waals surface area (Å²) in [5.74, 6) is 0. The molecule has 0 heterocycles. The van der Waals surface area contributed by atoms with Crippen LogP contribution in [0, 0.1) is 0 Å². The highest BCUT2D eigenvalue weighted by Gasteiger charge is 2.41. The van der Waals surface area contributed by atoms with Crippen LogP contribution in [0.1, 0.15) is 0 Å². The van der Waals surface area contributed by atoms with E-state index in [1.807, 2.05) is 0 Å². The Labute approximate surface area is 306 Å². The third kappa shape index (κ3) is 5.70. The highest BCUT2D eigenvalue weighted by molar-refractivity contribution is 7.19. The van der Waals surface area contributed by atoms with E-state index in [0.29, 0.717) is 0 Å². The topological polar surface area (TPSA) is 3.24 Å². The molecule has 0 saturated heterocycles. The monoisotopic (exact) mass is 679 g/mol. The molecule has 0 aliphatic rings. The zero-order valence-corrected chi connectivity index (χ0v) is 29.8. The maximum absolute atomic E-state index is 2.57. The van der Waals surface area contributed by atoms with Gasteiger partial charge in [0.2, 0.25) is 0 Å². The van der Waals surface area contributed by atoms with Crippen LogP contribution < -0.4 is 25.6 Å². The number of anilines is 3. The molecule has 0 aliphatic heterocycles. The Bertz CT molecular complexity index is 2420. The molecule has 0 aromatic heterocycles. The van der Waals surface area contributed by atoms with E-state index in [9.17, 15) is 0 Å². The summed E-state index contributed by atoms with van der Waals surface area (Å²) in [5.41, 5.74) is 5.79. The van der Waals surface area contributed by atoms with Crippen LogP contribution in [0.3, 0.4) is 0 Å². The van der Waals surface area contributed by atoms with Crippen LogP contribution >= 0.6 is 0 Å². The van der Waals surface area contributed by atoms with E-state index in [1.165, 1.54) is 53.4 Å². The summed E-state index contributed by atoms with van der Waals surface area (Å²) in [4.78, 5) is 2.37. The van der Waals surface area contributed by atoms with Gasteiger partial charge in [-0.05, 0) is 89.8 Å². The quantitative estimate of drug-likeness (QED) is 0.114. The molecule has 0 N–H and O–H groups in total. The first kappa shape index (κ1) is 31.5. The predicted octanol–water partition coefficient (Wildman–Crippen LogP) is 10.5. The van der Waals surface area contributed by atoms with E-state index in [1.54, 1.807) is 0 Å². The van der Waals surface area contributed by atoms with Gasteiger partial charge in [0.1, 0.15) is 0 Å². The van der Waals surface area contributed by atoms with Gasteiger partial charge in [0, 0.05) is 17.1 Å². The number of fused-ring (bicyclic) bond motifs is 2. The molecule has 9 rings (SSSR count). The van der Waals surface area contributed by atoms with E-state index in [-0.39, 0.29) is 0 Å². The lowest BCUT2D eigenvalue weighted by molar-refractivity contribution is 1.29. The van der Waals surface area contributed by atoms with Crippen molar-refractivity contribution in [2.24, 2.45) is 0 Å². The predicted molar refractivity (Wildman–Crippen MR) is 225 cm³/mol. The van der Waals surface area contributed by atoms with Crippen LogP contribution in [0.5, 0.6) is 0 Å². The molecule has 9 aromatic rings. The van der Waals surface area contributed by atoms with Crippen molar-refractivity contribution in [1.29, 1.82) is 0 Å². The first-order valence-corrected chi connectivity index (χ1v) is 19.9. The summed E-state index contributed by atoms with van der Waals surface area (Å²) in [5, 5.41) is 10.4. The van der Waals surface area contributed by atoms with E-state index >= 15 is 0 Å². The molecule has 0 amide bonds. The Hall–Kier alpha value is -6.48. The lowest BCUT2D eigenvalue weighted by atomic mass is 10.0. The summed E-state index contributed by atoms with van der Waals surface area (Å²) in [6.45, 7) is 0. The third-order valence-corrected chi connectivity index (χ3v) is 15.2. The summed E-state index contributed by atoms with van der Waals surface area (Å²) in [6.07, 6.45) is 0. The van der Waals surface area contributed by atoms with Crippen molar-refractivity contribution in [3.63, 3.8) is 0 Å². The van der Waals surface area contributed by atoms with Crippen LogP contribution in [-0.2, 0) is 0 Å². The number of rotatable bonds is 8. The van der Waals surface area contributed by atoms with Gasteiger partial charge in [-0.15, -0.1) is 0 Å². The molecule has 52 heavy (non-hydrogen) atoms. The largest absolute Gasteiger partial charge is 0.310 e. The fourth-order valence-electron chi connectivity index (χ4n) is 7.86. The van der Waals surface area contributed by atoms with Gasteiger partial charge < -0.3 is 4.90 Å². The van der Waals surface area contributed by atoms with E-state index in [2.05, 4.69) is 229 Å². The number of nitrogens with zero attached hydrogens (tertiary/aromatic N) is 1. The van der Waals surface area contributed by atoms with Crippen molar-refractivity contribution in [1.82, 2.24) is 0 Å². The fourth-order valence-corrected chi connectivity index (χ4v) is 12.6. The molecular formula is C50H37NSi. The van der Waals surface area contributed by atoms with Crippen LogP contribution in [0.15, 0.2) is 224 Å². The minimum atomic E-state index is -2.57. The molecule has 0 spiro atoms. The molecule has 246 valence electrons. The molecule has 2 heteroatoms. The van der Waals surface area contributed by atoms with Crippen molar-refractivity contribution >= 4 is 67.4 Å². The van der Waals surface area contributed by atoms with Crippen molar-refractivity contribution in [2.45, 2.75) is 0 Å². The standard InChI is InChI=1S/C50H37NSi/c1-4-18-47(19-5-1)52(48-20-6-2-7-21-48,49-22-8-3-9-23-49)50-34-28-41(29-35-50)40-24-30-44(31-25-40)51(45-32-26-38-14-10-12-16-42(38)36-45)46-33-27-39-15-11-13-17-43(39)37-46/h1-37H. The molecule has 1 nitrogen and oxygen atoms in total. The SMILES string of the molecule is c1ccc([Si](c2ccccc2)(c2ccccc2)c2ccc(-c3ccc(N(c4ccc5ccccc5c4)c4ccc5ccccc5c4)cc3)cc2)cc1. The second-order valence-electron chi connectivity index (χ2n) is 13.4. The minimum Gasteiger partial charge on any atom is -0.310 e. The first-order valence-electron chi connectivity index (χ1n) is 17.9. The zero-order valence-electron chi connectivity index (χ0n) is 28.8. The van der Waals surface area contributed by atoms with E-state index in [4.69, 9.17) is 0 Å². The van der Waals surface area contributed by atoms with Gasteiger partial charge >= 0.3 is 0 Å².